The molecule has 5 nitrogen and oxygen atoms in total. The lowest BCUT2D eigenvalue weighted by atomic mass is 10.2. The van der Waals surface area contributed by atoms with E-state index in [1.807, 2.05) is 0 Å². The molecule has 3 rings (SSSR count). The molecule has 25 heavy (non-hydrogen) atoms. The molecule has 0 atom stereocenters. The number of halogens is 3. The average molecular weight is 380 g/mol. The predicted octanol–water partition coefficient (Wildman–Crippen LogP) is 4.56. The van der Waals surface area contributed by atoms with Crippen LogP contribution in [0, 0.1) is 5.82 Å². The van der Waals surface area contributed by atoms with Crippen LogP contribution in [-0.4, -0.2) is 27.3 Å². The molecule has 0 saturated heterocycles. The molecule has 0 N–H and O–H groups in total. The molecule has 0 amide bonds. The SMILES string of the molecule is CCOC(=O)c1nc(-c2ccc(Cl)cc2Cl)nn1-c1ccc(F)cc1. The van der Waals surface area contributed by atoms with Crippen LogP contribution in [0.2, 0.25) is 10.0 Å². The fourth-order valence-corrected chi connectivity index (χ4v) is 2.68. The van der Waals surface area contributed by atoms with E-state index in [1.54, 1.807) is 25.1 Å². The van der Waals surface area contributed by atoms with E-state index in [2.05, 4.69) is 10.1 Å². The number of carbonyl (C=O) groups excluding carboxylic acids is 1. The molecule has 0 fully saturated rings. The monoisotopic (exact) mass is 379 g/mol. The summed E-state index contributed by atoms with van der Waals surface area (Å²) in [6.45, 7) is 1.87. The Kier molecular flexibility index (Phi) is 5.01. The van der Waals surface area contributed by atoms with E-state index in [-0.39, 0.29) is 18.3 Å². The average Bonchev–Trinajstić information content (AvgIpc) is 3.01. The predicted molar refractivity (Wildman–Crippen MR) is 92.7 cm³/mol. The van der Waals surface area contributed by atoms with Crippen molar-refractivity contribution >= 4 is 29.2 Å². The molecule has 0 spiro atoms. The first kappa shape index (κ1) is 17.4. The summed E-state index contributed by atoms with van der Waals surface area (Å²) in [7, 11) is 0. The van der Waals surface area contributed by atoms with Crippen LogP contribution in [0.3, 0.4) is 0 Å². The third kappa shape index (κ3) is 3.65. The standard InChI is InChI=1S/C17H12Cl2FN3O2/c1-2-25-17(24)16-21-15(13-8-3-10(18)9-14(13)19)22-23(16)12-6-4-11(20)5-7-12/h3-9H,2H2,1H3. The van der Waals surface area contributed by atoms with Crippen molar-refractivity contribution in [2.45, 2.75) is 6.92 Å². The van der Waals surface area contributed by atoms with Crippen molar-refractivity contribution in [1.29, 1.82) is 0 Å². The van der Waals surface area contributed by atoms with Crippen molar-refractivity contribution in [1.82, 2.24) is 14.8 Å². The Balaban J connectivity index is 2.14. The van der Waals surface area contributed by atoms with Gasteiger partial charge in [-0.3, -0.25) is 0 Å². The number of ether oxygens (including phenoxy) is 1. The lowest BCUT2D eigenvalue weighted by molar-refractivity contribution is 0.0508. The summed E-state index contributed by atoms with van der Waals surface area (Å²) in [5.74, 6) is -0.846. The van der Waals surface area contributed by atoms with E-state index in [0.29, 0.717) is 21.3 Å². The normalized spacial score (nSPS) is 10.7. The maximum atomic E-state index is 13.2. The van der Waals surface area contributed by atoms with Gasteiger partial charge in [0, 0.05) is 10.6 Å². The molecular formula is C17H12Cl2FN3O2. The van der Waals surface area contributed by atoms with E-state index in [9.17, 15) is 9.18 Å². The third-order valence-corrected chi connectivity index (χ3v) is 3.86. The Labute approximate surface area is 153 Å². The number of esters is 1. The van der Waals surface area contributed by atoms with Crippen molar-refractivity contribution < 1.29 is 13.9 Å². The quantitative estimate of drug-likeness (QED) is 0.623. The maximum Gasteiger partial charge on any atom is 0.376 e. The maximum absolute atomic E-state index is 13.2. The van der Waals surface area contributed by atoms with Gasteiger partial charge in [0.25, 0.3) is 0 Å². The van der Waals surface area contributed by atoms with Crippen LogP contribution in [0.25, 0.3) is 17.1 Å². The van der Waals surface area contributed by atoms with E-state index in [0.717, 1.165) is 0 Å². The lowest BCUT2D eigenvalue weighted by Crippen LogP contribution is -2.13. The van der Waals surface area contributed by atoms with Crippen LogP contribution in [0.15, 0.2) is 42.5 Å². The van der Waals surface area contributed by atoms with Gasteiger partial charge in [-0.05, 0) is 49.4 Å². The highest BCUT2D eigenvalue weighted by Crippen LogP contribution is 2.29. The molecule has 1 aromatic heterocycles. The zero-order chi connectivity index (χ0) is 18.0. The van der Waals surface area contributed by atoms with Crippen LogP contribution in [0.1, 0.15) is 17.5 Å². The first-order valence-corrected chi connectivity index (χ1v) is 8.10. The fraction of sp³-hybridized carbons (Fsp3) is 0.118. The van der Waals surface area contributed by atoms with Crippen LogP contribution in [0.5, 0.6) is 0 Å². The van der Waals surface area contributed by atoms with E-state index in [4.69, 9.17) is 27.9 Å². The number of aromatic nitrogens is 3. The molecule has 0 radical (unpaired) electrons. The van der Waals surface area contributed by atoms with Crippen LogP contribution in [-0.2, 0) is 4.74 Å². The molecule has 3 aromatic rings. The Hall–Kier alpha value is -2.44. The van der Waals surface area contributed by atoms with Crippen LogP contribution in [0.4, 0.5) is 4.39 Å². The van der Waals surface area contributed by atoms with Crippen LogP contribution >= 0.6 is 23.2 Å². The van der Waals surface area contributed by atoms with Crippen LogP contribution < -0.4 is 0 Å². The summed E-state index contributed by atoms with van der Waals surface area (Å²) >= 11 is 12.1. The van der Waals surface area contributed by atoms with Gasteiger partial charge in [0.1, 0.15) is 5.82 Å². The van der Waals surface area contributed by atoms with Gasteiger partial charge < -0.3 is 4.74 Å². The van der Waals surface area contributed by atoms with Gasteiger partial charge in [-0.1, -0.05) is 23.2 Å². The summed E-state index contributed by atoms with van der Waals surface area (Å²) < 4.78 is 19.5. The minimum Gasteiger partial charge on any atom is -0.460 e. The highest BCUT2D eigenvalue weighted by atomic mass is 35.5. The molecule has 0 aliphatic carbocycles. The summed E-state index contributed by atoms with van der Waals surface area (Å²) in [5.41, 5.74) is 0.978. The summed E-state index contributed by atoms with van der Waals surface area (Å²) in [5, 5.41) is 5.15. The molecule has 0 aliphatic heterocycles. The highest BCUT2D eigenvalue weighted by molar-refractivity contribution is 6.36. The van der Waals surface area contributed by atoms with Gasteiger partial charge in [0.05, 0.1) is 17.3 Å². The van der Waals surface area contributed by atoms with E-state index >= 15 is 0 Å². The smallest absolute Gasteiger partial charge is 0.376 e. The molecule has 0 bridgehead atoms. The minimum atomic E-state index is -0.643. The molecule has 1 heterocycles. The zero-order valence-electron chi connectivity index (χ0n) is 13.0. The largest absolute Gasteiger partial charge is 0.460 e. The molecular weight excluding hydrogens is 368 g/mol. The molecule has 2 aromatic carbocycles. The Morgan fingerprint density at radius 1 is 1.20 bits per heavy atom. The number of hydrogen-bond donors (Lipinski definition) is 0. The van der Waals surface area contributed by atoms with E-state index in [1.165, 1.54) is 28.9 Å². The summed E-state index contributed by atoms with van der Waals surface area (Å²) in [6, 6.07) is 10.4. The van der Waals surface area contributed by atoms with Crippen molar-refractivity contribution in [2.24, 2.45) is 0 Å². The van der Waals surface area contributed by atoms with Gasteiger partial charge in [0.2, 0.25) is 5.82 Å². The second-order valence-corrected chi connectivity index (χ2v) is 5.84. The minimum absolute atomic E-state index is 0.0329. The first-order valence-electron chi connectivity index (χ1n) is 7.35. The number of nitrogens with zero attached hydrogens (tertiary/aromatic N) is 3. The van der Waals surface area contributed by atoms with Crippen molar-refractivity contribution in [2.75, 3.05) is 6.61 Å². The second-order valence-electron chi connectivity index (χ2n) is 4.99. The number of carbonyl (C=O) groups is 1. The Morgan fingerprint density at radius 3 is 2.56 bits per heavy atom. The van der Waals surface area contributed by atoms with Crippen molar-refractivity contribution in [3.8, 4) is 17.1 Å². The first-order chi connectivity index (χ1) is 12.0. The van der Waals surface area contributed by atoms with Gasteiger partial charge in [0.15, 0.2) is 5.82 Å². The Morgan fingerprint density at radius 2 is 1.92 bits per heavy atom. The second kappa shape index (κ2) is 7.21. The summed E-state index contributed by atoms with van der Waals surface area (Å²) in [6.07, 6.45) is 0. The zero-order valence-corrected chi connectivity index (χ0v) is 14.6. The van der Waals surface area contributed by atoms with Gasteiger partial charge in [-0.25, -0.2) is 18.9 Å². The van der Waals surface area contributed by atoms with Crippen molar-refractivity contribution in [3.05, 3.63) is 64.2 Å². The topological polar surface area (TPSA) is 57.0 Å². The fourth-order valence-electron chi connectivity index (χ4n) is 2.19. The number of rotatable bonds is 4. The van der Waals surface area contributed by atoms with Crippen molar-refractivity contribution in [3.63, 3.8) is 0 Å². The van der Waals surface area contributed by atoms with Gasteiger partial charge >= 0.3 is 5.97 Å². The molecule has 128 valence electrons. The molecule has 0 aliphatic rings. The lowest BCUT2D eigenvalue weighted by Gasteiger charge is -2.05. The molecule has 0 unspecified atom stereocenters. The number of hydrogen-bond acceptors (Lipinski definition) is 4. The van der Waals surface area contributed by atoms with Gasteiger partial charge in [-0.15, -0.1) is 5.10 Å². The molecule has 8 heteroatoms. The van der Waals surface area contributed by atoms with E-state index < -0.39 is 11.8 Å². The van der Waals surface area contributed by atoms with Gasteiger partial charge in [-0.2, -0.15) is 0 Å². The molecule has 0 saturated carbocycles. The highest BCUT2D eigenvalue weighted by Gasteiger charge is 2.21. The summed E-state index contributed by atoms with van der Waals surface area (Å²) in [4.78, 5) is 16.5. The number of benzene rings is 2. The third-order valence-electron chi connectivity index (χ3n) is 3.31. The Bertz CT molecular complexity index is 926.